The molecule has 174 valence electrons. The minimum Gasteiger partial charge on any atom is -0.480 e. The SMILES string of the molecule is Cc1c(C2CCC(NC(=O)c3ccc4cccnc4n3)CC2)c2cc(F)ccc2n1CC(=O)O. The first-order valence-electron chi connectivity index (χ1n) is 11.4. The second-order valence-electron chi connectivity index (χ2n) is 8.91. The summed E-state index contributed by atoms with van der Waals surface area (Å²) >= 11 is 0. The molecule has 0 spiro atoms. The highest BCUT2D eigenvalue weighted by atomic mass is 19.1. The van der Waals surface area contributed by atoms with Crippen LogP contribution in [0.15, 0.2) is 48.7 Å². The molecule has 1 saturated carbocycles. The number of rotatable bonds is 5. The molecule has 0 bridgehead atoms. The van der Waals surface area contributed by atoms with Gasteiger partial charge in [0.15, 0.2) is 5.65 Å². The third kappa shape index (κ3) is 4.11. The van der Waals surface area contributed by atoms with E-state index in [1.807, 2.05) is 25.1 Å². The number of carbonyl (C=O) groups excluding carboxylic acids is 1. The Labute approximate surface area is 195 Å². The van der Waals surface area contributed by atoms with Crippen LogP contribution in [0.5, 0.6) is 0 Å². The summed E-state index contributed by atoms with van der Waals surface area (Å²) in [6.07, 6.45) is 4.85. The molecule has 0 aliphatic heterocycles. The van der Waals surface area contributed by atoms with E-state index >= 15 is 0 Å². The van der Waals surface area contributed by atoms with Gasteiger partial charge in [0, 0.05) is 34.2 Å². The molecular weight excluding hydrogens is 435 g/mol. The van der Waals surface area contributed by atoms with E-state index in [1.165, 1.54) is 12.1 Å². The number of aromatic nitrogens is 3. The Morgan fingerprint density at radius 3 is 2.71 bits per heavy atom. The molecule has 0 atom stereocenters. The summed E-state index contributed by atoms with van der Waals surface area (Å²) in [6, 6.07) is 11.8. The molecule has 5 rings (SSSR count). The molecule has 1 amide bonds. The second kappa shape index (κ2) is 8.85. The smallest absolute Gasteiger partial charge is 0.323 e. The second-order valence-corrected chi connectivity index (χ2v) is 8.91. The number of pyridine rings is 2. The van der Waals surface area contributed by atoms with E-state index in [1.54, 1.807) is 22.9 Å². The van der Waals surface area contributed by atoms with Crippen molar-refractivity contribution in [3.8, 4) is 0 Å². The largest absolute Gasteiger partial charge is 0.480 e. The molecule has 1 aliphatic carbocycles. The van der Waals surface area contributed by atoms with Gasteiger partial charge in [0.1, 0.15) is 18.1 Å². The van der Waals surface area contributed by atoms with Crippen LogP contribution in [-0.2, 0) is 11.3 Å². The predicted octanol–water partition coefficient (Wildman–Crippen LogP) is 4.57. The summed E-state index contributed by atoms with van der Waals surface area (Å²) in [7, 11) is 0. The van der Waals surface area contributed by atoms with Crippen molar-refractivity contribution < 1.29 is 19.1 Å². The highest BCUT2D eigenvalue weighted by molar-refractivity contribution is 5.94. The molecule has 3 aromatic heterocycles. The number of nitrogens with zero attached hydrogens (tertiary/aromatic N) is 3. The van der Waals surface area contributed by atoms with Crippen LogP contribution < -0.4 is 5.32 Å². The minimum atomic E-state index is -0.931. The van der Waals surface area contributed by atoms with Crippen LogP contribution in [0.4, 0.5) is 4.39 Å². The Morgan fingerprint density at radius 1 is 1.15 bits per heavy atom. The first kappa shape index (κ1) is 22.0. The van der Waals surface area contributed by atoms with E-state index in [0.717, 1.165) is 53.2 Å². The summed E-state index contributed by atoms with van der Waals surface area (Å²) < 4.78 is 15.8. The van der Waals surface area contributed by atoms with Crippen molar-refractivity contribution in [2.75, 3.05) is 0 Å². The molecular formula is C26H25FN4O3. The van der Waals surface area contributed by atoms with Gasteiger partial charge in [0.25, 0.3) is 5.91 Å². The number of carbonyl (C=O) groups is 2. The van der Waals surface area contributed by atoms with Gasteiger partial charge in [0.05, 0.1) is 0 Å². The van der Waals surface area contributed by atoms with Gasteiger partial charge in [-0.2, -0.15) is 0 Å². The number of nitrogens with one attached hydrogen (secondary N) is 1. The maximum atomic E-state index is 14.1. The number of aliphatic carboxylic acids is 1. The summed E-state index contributed by atoms with van der Waals surface area (Å²) in [4.78, 5) is 32.8. The van der Waals surface area contributed by atoms with E-state index in [2.05, 4.69) is 15.3 Å². The maximum Gasteiger partial charge on any atom is 0.323 e. The van der Waals surface area contributed by atoms with Crippen molar-refractivity contribution in [1.29, 1.82) is 0 Å². The quantitative estimate of drug-likeness (QED) is 0.455. The standard InChI is InChI=1S/C26H25FN4O3/c1-15-24(20-13-18(27)7-11-22(20)31(15)14-23(32)33)16-4-8-19(9-5-16)29-26(34)21-10-6-17-3-2-12-28-25(17)30-21/h2-3,6-7,10-13,16,19H,4-5,8-9,14H2,1H3,(H,29,34)(H,32,33). The van der Waals surface area contributed by atoms with Crippen LogP contribution in [-0.4, -0.2) is 37.6 Å². The molecule has 1 aromatic carbocycles. The Balaban J connectivity index is 1.32. The molecule has 8 heteroatoms. The van der Waals surface area contributed by atoms with Gasteiger partial charge in [-0.25, -0.2) is 14.4 Å². The van der Waals surface area contributed by atoms with Crippen molar-refractivity contribution in [2.24, 2.45) is 0 Å². The summed E-state index contributed by atoms with van der Waals surface area (Å²) in [5, 5.41) is 14.1. The third-order valence-electron chi connectivity index (χ3n) is 6.79. The number of amides is 1. The zero-order valence-electron chi connectivity index (χ0n) is 18.8. The molecule has 2 N–H and O–H groups in total. The van der Waals surface area contributed by atoms with Crippen LogP contribution in [0.25, 0.3) is 21.9 Å². The highest BCUT2D eigenvalue weighted by Crippen LogP contribution is 2.40. The Morgan fingerprint density at radius 2 is 1.94 bits per heavy atom. The Hall–Kier alpha value is -3.81. The van der Waals surface area contributed by atoms with Crippen LogP contribution >= 0.6 is 0 Å². The lowest BCUT2D eigenvalue weighted by Crippen LogP contribution is -2.37. The molecule has 1 aliphatic rings. The first-order chi connectivity index (χ1) is 16.4. The first-order valence-corrected chi connectivity index (χ1v) is 11.4. The minimum absolute atomic E-state index is 0.0226. The van der Waals surface area contributed by atoms with Crippen molar-refractivity contribution in [2.45, 2.75) is 51.1 Å². The van der Waals surface area contributed by atoms with Gasteiger partial charge < -0.3 is 15.0 Å². The average molecular weight is 461 g/mol. The van der Waals surface area contributed by atoms with E-state index in [0.29, 0.717) is 11.3 Å². The fourth-order valence-corrected chi connectivity index (χ4v) is 5.20. The highest BCUT2D eigenvalue weighted by Gasteiger charge is 2.29. The topological polar surface area (TPSA) is 97.1 Å². The number of hydrogen-bond donors (Lipinski definition) is 2. The zero-order chi connectivity index (χ0) is 23.8. The van der Waals surface area contributed by atoms with Crippen LogP contribution in [0.2, 0.25) is 0 Å². The number of hydrogen-bond acceptors (Lipinski definition) is 4. The van der Waals surface area contributed by atoms with Crippen molar-refractivity contribution >= 4 is 33.8 Å². The molecule has 34 heavy (non-hydrogen) atoms. The van der Waals surface area contributed by atoms with Crippen molar-refractivity contribution in [3.05, 3.63) is 71.4 Å². The lowest BCUT2D eigenvalue weighted by Gasteiger charge is -2.29. The summed E-state index contributed by atoms with van der Waals surface area (Å²) in [5.41, 5.74) is 3.50. The number of halogens is 1. The average Bonchev–Trinajstić information content (AvgIpc) is 3.09. The molecule has 1 fully saturated rings. The monoisotopic (exact) mass is 460 g/mol. The van der Waals surface area contributed by atoms with E-state index in [4.69, 9.17) is 0 Å². The van der Waals surface area contributed by atoms with Gasteiger partial charge in [-0.3, -0.25) is 9.59 Å². The number of carboxylic acid groups (broad SMARTS) is 1. The lowest BCUT2D eigenvalue weighted by molar-refractivity contribution is -0.137. The maximum absolute atomic E-state index is 14.1. The van der Waals surface area contributed by atoms with Crippen molar-refractivity contribution in [3.63, 3.8) is 0 Å². The fourth-order valence-electron chi connectivity index (χ4n) is 5.20. The van der Waals surface area contributed by atoms with E-state index in [-0.39, 0.29) is 30.2 Å². The predicted molar refractivity (Wildman–Crippen MR) is 126 cm³/mol. The molecule has 4 aromatic rings. The van der Waals surface area contributed by atoms with E-state index in [9.17, 15) is 19.1 Å². The van der Waals surface area contributed by atoms with Crippen LogP contribution in [0, 0.1) is 12.7 Å². The van der Waals surface area contributed by atoms with E-state index < -0.39 is 5.97 Å². The molecule has 7 nitrogen and oxygen atoms in total. The van der Waals surface area contributed by atoms with Crippen LogP contribution in [0.1, 0.15) is 53.3 Å². The fraction of sp³-hybridized carbons (Fsp3) is 0.308. The zero-order valence-corrected chi connectivity index (χ0v) is 18.8. The molecule has 0 saturated heterocycles. The van der Waals surface area contributed by atoms with Gasteiger partial charge in [-0.05, 0) is 86.6 Å². The van der Waals surface area contributed by atoms with Crippen molar-refractivity contribution in [1.82, 2.24) is 19.9 Å². The van der Waals surface area contributed by atoms with Crippen LogP contribution in [0.3, 0.4) is 0 Å². The summed E-state index contributed by atoms with van der Waals surface area (Å²) in [6.45, 7) is 1.75. The van der Waals surface area contributed by atoms with Gasteiger partial charge in [-0.1, -0.05) is 0 Å². The third-order valence-corrected chi connectivity index (χ3v) is 6.79. The molecule has 0 radical (unpaired) electrons. The Bertz CT molecular complexity index is 1410. The van der Waals surface area contributed by atoms with Gasteiger partial charge in [-0.15, -0.1) is 0 Å². The van der Waals surface area contributed by atoms with Gasteiger partial charge >= 0.3 is 5.97 Å². The number of fused-ring (bicyclic) bond motifs is 2. The molecule has 0 unspecified atom stereocenters. The normalized spacial score (nSPS) is 18.3. The Kier molecular flexibility index (Phi) is 5.73. The molecule has 3 heterocycles. The number of carboxylic acids is 1. The lowest BCUT2D eigenvalue weighted by atomic mass is 9.80. The number of benzene rings is 1. The summed E-state index contributed by atoms with van der Waals surface area (Å²) in [5.74, 6) is -1.30. The van der Waals surface area contributed by atoms with Gasteiger partial charge in [0.2, 0.25) is 0 Å².